The molecule has 1 saturated heterocycles. The van der Waals surface area contributed by atoms with Crippen LogP contribution in [0.2, 0.25) is 0 Å². The Kier molecular flexibility index (Phi) is 4.90. The number of phenolic OH excluding ortho intramolecular Hbond substituents is 1. The standard InChI is InChI=1S/C14H15F3N2O4S/c1-2-23-11(21)9-10(7-3-5-8(20)6-4-7)18-12(24)19-13(9,22)14(15,16)17/h3-6,9-10,20,22H,2H2,1H3,(H2,18,19,24)/t9-,10+,13-/m1/s1. The summed E-state index contributed by atoms with van der Waals surface area (Å²) in [6.45, 7) is 1.28. The number of carbonyl (C=O) groups is 1. The van der Waals surface area contributed by atoms with Crippen LogP contribution in [0.3, 0.4) is 0 Å². The van der Waals surface area contributed by atoms with E-state index in [-0.39, 0.29) is 17.9 Å². The molecule has 132 valence electrons. The summed E-state index contributed by atoms with van der Waals surface area (Å²) >= 11 is 4.75. The van der Waals surface area contributed by atoms with Gasteiger partial charge in [-0.3, -0.25) is 4.79 Å². The van der Waals surface area contributed by atoms with Gasteiger partial charge in [-0.1, -0.05) is 12.1 Å². The van der Waals surface area contributed by atoms with Crippen LogP contribution in [-0.4, -0.2) is 39.8 Å². The smallest absolute Gasteiger partial charge is 0.437 e. The number of aliphatic hydroxyl groups is 1. The highest BCUT2D eigenvalue weighted by molar-refractivity contribution is 7.80. The van der Waals surface area contributed by atoms with Crippen LogP contribution < -0.4 is 10.6 Å². The van der Waals surface area contributed by atoms with Crippen molar-refractivity contribution in [3.8, 4) is 5.75 Å². The number of alkyl halides is 3. The first-order chi connectivity index (χ1) is 11.1. The zero-order valence-corrected chi connectivity index (χ0v) is 13.2. The first kappa shape index (κ1) is 18.3. The molecule has 6 nitrogen and oxygen atoms in total. The van der Waals surface area contributed by atoms with Crippen molar-refractivity contribution < 1.29 is 32.9 Å². The average molecular weight is 364 g/mol. The van der Waals surface area contributed by atoms with Crippen molar-refractivity contribution in [1.82, 2.24) is 10.6 Å². The Morgan fingerprint density at radius 1 is 1.38 bits per heavy atom. The van der Waals surface area contributed by atoms with Crippen molar-refractivity contribution in [3.05, 3.63) is 29.8 Å². The molecule has 0 aliphatic carbocycles. The van der Waals surface area contributed by atoms with E-state index in [2.05, 4.69) is 5.32 Å². The lowest BCUT2D eigenvalue weighted by Crippen LogP contribution is -2.73. The lowest BCUT2D eigenvalue weighted by Gasteiger charge is -2.45. The third-order valence-electron chi connectivity index (χ3n) is 3.60. The Morgan fingerprint density at radius 2 is 1.96 bits per heavy atom. The van der Waals surface area contributed by atoms with Gasteiger partial charge in [-0.25, -0.2) is 0 Å². The zero-order chi connectivity index (χ0) is 18.1. The Labute approximate surface area is 140 Å². The van der Waals surface area contributed by atoms with Gasteiger partial charge < -0.3 is 25.6 Å². The Bertz CT molecular complexity index is 638. The molecule has 2 rings (SSSR count). The van der Waals surface area contributed by atoms with E-state index in [1.54, 1.807) is 5.32 Å². The fraction of sp³-hybridized carbons (Fsp3) is 0.429. The summed E-state index contributed by atoms with van der Waals surface area (Å²) < 4.78 is 45.1. The highest BCUT2D eigenvalue weighted by Gasteiger charge is 2.66. The number of rotatable bonds is 3. The fourth-order valence-corrected chi connectivity index (χ4v) is 2.78. The first-order valence-electron chi connectivity index (χ1n) is 6.93. The molecule has 0 aromatic heterocycles. The van der Waals surface area contributed by atoms with Gasteiger partial charge in [-0.15, -0.1) is 0 Å². The maximum absolute atomic E-state index is 13.5. The van der Waals surface area contributed by atoms with Gasteiger partial charge in [0.15, 0.2) is 5.11 Å². The minimum Gasteiger partial charge on any atom is -0.508 e. The first-order valence-corrected chi connectivity index (χ1v) is 7.34. The SMILES string of the molecule is CCOC(=O)[C@H]1[C@H](c2ccc(O)cc2)NC(=S)N[C@]1(O)C(F)(F)F. The Balaban J connectivity index is 2.55. The van der Waals surface area contributed by atoms with Crippen LogP contribution in [0, 0.1) is 5.92 Å². The van der Waals surface area contributed by atoms with Gasteiger partial charge in [0.2, 0.25) is 0 Å². The third-order valence-corrected chi connectivity index (χ3v) is 3.82. The van der Waals surface area contributed by atoms with E-state index in [9.17, 15) is 28.2 Å². The Morgan fingerprint density at radius 3 is 2.46 bits per heavy atom. The topological polar surface area (TPSA) is 90.8 Å². The summed E-state index contributed by atoms with van der Waals surface area (Å²) in [5.74, 6) is -3.39. The van der Waals surface area contributed by atoms with Crippen molar-refractivity contribution in [2.75, 3.05) is 6.61 Å². The second-order valence-electron chi connectivity index (χ2n) is 5.16. The fourth-order valence-electron chi connectivity index (χ4n) is 2.50. The van der Waals surface area contributed by atoms with Crippen molar-refractivity contribution in [3.63, 3.8) is 0 Å². The average Bonchev–Trinajstić information content (AvgIpc) is 2.46. The van der Waals surface area contributed by atoms with Crippen molar-refractivity contribution in [1.29, 1.82) is 0 Å². The van der Waals surface area contributed by atoms with Crippen molar-refractivity contribution in [2.45, 2.75) is 24.9 Å². The Hall–Kier alpha value is -2.07. The number of halogens is 3. The van der Waals surface area contributed by atoms with E-state index < -0.39 is 34.9 Å². The highest BCUT2D eigenvalue weighted by Crippen LogP contribution is 2.43. The lowest BCUT2D eigenvalue weighted by atomic mass is 9.82. The lowest BCUT2D eigenvalue weighted by molar-refractivity contribution is -0.292. The van der Waals surface area contributed by atoms with E-state index in [1.807, 2.05) is 0 Å². The minimum atomic E-state index is -5.19. The molecule has 0 radical (unpaired) electrons. The molecule has 10 heteroatoms. The van der Waals surface area contributed by atoms with E-state index in [0.29, 0.717) is 0 Å². The zero-order valence-electron chi connectivity index (χ0n) is 12.4. The molecule has 1 fully saturated rings. The van der Waals surface area contributed by atoms with E-state index >= 15 is 0 Å². The molecule has 1 aliphatic rings. The molecule has 4 N–H and O–H groups in total. The molecule has 24 heavy (non-hydrogen) atoms. The van der Waals surface area contributed by atoms with Gasteiger partial charge in [0, 0.05) is 0 Å². The number of hydrogen-bond acceptors (Lipinski definition) is 5. The molecule has 0 saturated carbocycles. The number of hydrogen-bond donors (Lipinski definition) is 4. The van der Waals surface area contributed by atoms with Crippen LogP contribution in [0.1, 0.15) is 18.5 Å². The molecule has 0 amide bonds. The van der Waals surface area contributed by atoms with Crippen molar-refractivity contribution in [2.24, 2.45) is 5.92 Å². The predicted molar refractivity (Wildman–Crippen MR) is 80.8 cm³/mol. The second-order valence-corrected chi connectivity index (χ2v) is 5.57. The molecule has 1 heterocycles. The molecule has 1 aromatic rings. The summed E-state index contributed by atoms with van der Waals surface area (Å²) in [6.07, 6.45) is -5.19. The number of carbonyl (C=O) groups excluding carboxylic acids is 1. The molecular formula is C14H15F3N2O4S. The minimum absolute atomic E-state index is 0.103. The van der Waals surface area contributed by atoms with Crippen molar-refractivity contribution >= 4 is 23.3 Å². The van der Waals surface area contributed by atoms with Crippen LogP contribution >= 0.6 is 12.2 Å². The summed E-state index contributed by atoms with van der Waals surface area (Å²) in [7, 11) is 0. The van der Waals surface area contributed by atoms with Gasteiger partial charge in [0.1, 0.15) is 11.7 Å². The molecule has 3 atom stereocenters. The number of thiocarbonyl (C=S) groups is 1. The van der Waals surface area contributed by atoms with Crippen LogP contribution in [0.4, 0.5) is 13.2 Å². The van der Waals surface area contributed by atoms with Gasteiger partial charge >= 0.3 is 12.1 Å². The van der Waals surface area contributed by atoms with Crippen LogP contribution in [0.25, 0.3) is 0 Å². The maximum Gasteiger partial charge on any atom is 0.437 e. The molecule has 0 spiro atoms. The maximum atomic E-state index is 13.5. The molecular weight excluding hydrogens is 349 g/mol. The number of nitrogens with one attached hydrogen (secondary N) is 2. The number of ether oxygens (including phenoxy) is 1. The van der Waals surface area contributed by atoms with Gasteiger partial charge in [-0.2, -0.15) is 13.2 Å². The summed E-state index contributed by atoms with van der Waals surface area (Å²) in [6, 6.07) is 3.84. The van der Waals surface area contributed by atoms with Gasteiger partial charge in [-0.05, 0) is 36.8 Å². The summed E-state index contributed by atoms with van der Waals surface area (Å²) in [4.78, 5) is 12.2. The van der Waals surface area contributed by atoms with Crippen LogP contribution in [0.15, 0.2) is 24.3 Å². The largest absolute Gasteiger partial charge is 0.508 e. The summed E-state index contributed by atoms with van der Waals surface area (Å²) in [5, 5.41) is 23.3. The normalized spacial score (nSPS) is 27.1. The van der Waals surface area contributed by atoms with Gasteiger partial charge in [0.25, 0.3) is 5.72 Å². The highest BCUT2D eigenvalue weighted by atomic mass is 32.1. The predicted octanol–water partition coefficient (Wildman–Crippen LogP) is 1.34. The molecule has 0 unspecified atom stereocenters. The van der Waals surface area contributed by atoms with Gasteiger partial charge in [0.05, 0.1) is 12.6 Å². The van der Waals surface area contributed by atoms with E-state index in [1.165, 1.54) is 31.2 Å². The number of benzene rings is 1. The number of phenols is 1. The molecule has 1 aliphatic heterocycles. The molecule has 0 bridgehead atoms. The van der Waals surface area contributed by atoms with E-state index in [4.69, 9.17) is 17.0 Å². The summed E-state index contributed by atoms with van der Waals surface area (Å²) in [5.41, 5.74) is -3.37. The van der Waals surface area contributed by atoms with E-state index in [0.717, 1.165) is 0 Å². The quantitative estimate of drug-likeness (QED) is 0.475. The second kappa shape index (κ2) is 6.44. The van der Waals surface area contributed by atoms with Crippen LogP contribution in [-0.2, 0) is 9.53 Å². The number of aromatic hydroxyl groups is 1. The third kappa shape index (κ3) is 3.24. The number of esters is 1. The van der Waals surface area contributed by atoms with Crippen LogP contribution in [0.5, 0.6) is 5.75 Å². The monoisotopic (exact) mass is 364 g/mol. The molecule has 1 aromatic carbocycles.